The predicted molar refractivity (Wildman–Crippen MR) is 327 cm³/mol. The van der Waals surface area contributed by atoms with Crippen LogP contribution in [0.2, 0.25) is 0 Å². The summed E-state index contributed by atoms with van der Waals surface area (Å²) in [6.07, 6.45) is 0. The molecule has 4 nitrogen and oxygen atoms in total. The third-order valence-electron chi connectivity index (χ3n) is 16.9. The van der Waals surface area contributed by atoms with E-state index in [2.05, 4.69) is 272 Å². The summed E-state index contributed by atoms with van der Waals surface area (Å²) in [5.74, 6) is 0. The van der Waals surface area contributed by atoms with E-state index in [-0.39, 0.29) is 17.5 Å². The Morgan fingerprint density at radius 3 is 1.76 bits per heavy atom. The molecule has 16 rings (SSSR count). The molecule has 0 radical (unpaired) electrons. The molecule has 2 aliphatic heterocycles. The van der Waals surface area contributed by atoms with Gasteiger partial charge in [0.15, 0.2) is 0 Å². The molecule has 0 saturated heterocycles. The molecule has 2 aliphatic rings. The van der Waals surface area contributed by atoms with Gasteiger partial charge in [-0.05, 0) is 123 Å². The van der Waals surface area contributed by atoms with Gasteiger partial charge in [-0.2, -0.15) is 0 Å². The lowest BCUT2D eigenvalue weighted by atomic mass is 9.36. The molecule has 76 heavy (non-hydrogen) atoms. The third-order valence-corrected chi connectivity index (χ3v) is 18.1. The van der Waals surface area contributed by atoms with Crippen LogP contribution in [0.3, 0.4) is 0 Å². The summed E-state index contributed by atoms with van der Waals surface area (Å²) in [6, 6.07) is 80.6. The zero-order chi connectivity index (χ0) is 50.9. The Morgan fingerprint density at radius 1 is 0.382 bits per heavy atom. The van der Waals surface area contributed by atoms with Gasteiger partial charge in [-0.3, -0.25) is 0 Å². The van der Waals surface area contributed by atoms with Crippen molar-refractivity contribution < 1.29 is 0 Å². The van der Waals surface area contributed by atoms with Crippen molar-refractivity contribution in [3.05, 3.63) is 223 Å². The number of aromatic nitrogens is 3. The van der Waals surface area contributed by atoms with E-state index in [4.69, 9.17) is 0 Å². The predicted octanol–water partition coefficient (Wildman–Crippen LogP) is 17.1. The van der Waals surface area contributed by atoms with Gasteiger partial charge in [0.25, 0.3) is 6.71 Å². The van der Waals surface area contributed by atoms with Crippen LogP contribution < -0.4 is 20.6 Å². The molecular formula is C70H53BN4S. The molecule has 0 fully saturated rings. The first-order valence-electron chi connectivity index (χ1n) is 26.8. The smallest absolute Gasteiger partial charge is 0.264 e. The standard InChI is InChI=1S/C70H53BN4S/c1-69(2,3)44-29-32-47(33-30-44)74-60-40-48(72-56-26-15-14-23-50(56)53-38-43(28-35-58(53)72)42-18-9-7-10-19-42)41-61-64(60)71(68-67(74)54-39-45(70(4,5)6)31-37-62(54)76-68)55-25-17-24-52-63-59(75(61)65(52)55)36-34-51-49-22-13-16-27-57(49)73(66(51)63)46-20-11-8-12-21-46/h7-41H,1-6H3. The van der Waals surface area contributed by atoms with Crippen LogP contribution in [0.5, 0.6) is 0 Å². The Hall–Kier alpha value is -8.58. The minimum atomic E-state index is -0.0308. The lowest BCUT2D eigenvalue weighted by Crippen LogP contribution is -2.59. The molecule has 10 aromatic carbocycles. The maximum atomic E-state index is 2.66. The minimum Gasteiger partial charge on any atom is -0.310 e. The second kappa shape index (κ2) is 15.5. The molecule has 362 valence electrons. The minimum absolute atomic E-state index is 0.00552. The molecule has 0 N–H and O–H groups in total. The molecule has 4 aromatic heterocycles. The van der Waals surface area contributed by atoms with E-state index in [1.54, 1.807) is 0 Å². The van der Waals surface area contributed by atoms with Crippen molar-refractivity contribution >= 4 is 126 Å². The quantitative estimate of drug-likeness (QED) is 0.161. The van der Waals surface area contributed by atoms with E-state index in [0.717, 1.165) is 17.1 Å². The van der Waals surface area contributed by atoms with Gasteiger partial charge >= 0.3 is 0 Å². The van der Waals surface area contributed by atoms with E-state index in [0.29, 0.717) is 0 Å². The molecule has 6 heteroatoms. The summed E-state index contributed by atoms with van der Waals surface area (Å²) in [5.41, 5.74) is 22.3. The Labute approximate surface area is 446 Å². The van der Waals surface area contributed by atoms with Crippen LogP contribution in [0.25, 0.3) is 104 Å². The van der Waals surface area contributed by atoms with E-state index in [1.807, 2.05) is 11.3 Å². The highest BCUT2D eigenvalue weighted by Crippen LogP contribution is 2.50. The highest BCUT2D eigenvalue weighted by molar-refractivity contribution is 7.33. The molecule has 0 aliphatic carbocycles. The van der Waals surface area contributed by atoms with Crippen LogP contribution in [0.4, 0.5) is 17.1 Å². The number of thiophene rings is 1. The van der Waals surface area contributed by atoms with Crippen molar-refractivity contribution in [1.29, 1.82) is 0 Å². The SMILES string of the molecule is CC(C)(C)c1ccc(N2c3cc(-n4c5ccccc5c5cc(-c6ccccc6)ccc54)cc4c3B(c3sc5ccc(C(C)(C)C)cc5c32)c2cccc3c5c(ccc6c7ccccc7n(-c7ccccc7)c65)n-4c23)cc1. The Morgan fingerprint density at radius 2 is 1.01 bits per heavy atom. The number of hydrogen-bond donors (Lipinski definition) is 0. The maximum absolute atomic E-state index is 2.66. The van der Waals surface area contributed by atoms with Crippen LogP contribution >= 0.6 is 11.3 Å². The van der Waals surface area contributed by atoms with Gasteiger partial charge in [0.2, 0.25) is 0 Å². The van der Waals surface area contributed by atoms with Crippen LogP contribution in [0, 0.1) is 0 Å². The summed E-state index contributed by atoms with van der Waals surface area (Å²) in [4.78, 5) is 2.65. The molecule has 14 aromatic rings. The number of anilines is 3. The van der Waals surface area contributed by atoms with Crippen molar-refractivity contribution in [1.82, 2.24) is 13.7 Å². The summed E-state index contributed by atoms with van der Waals surface area (Å²) < 4.78 is 10.4. The van der Waals surface area contributed by atoms with Crippen LogP contribution in [-0.2, 0) is 10.8 Å². The fourth-order valence-electron chi connectivity index (χ4n) is 13.3. The molecule has 0 bridgehead atoms. The van der Waals surface area contributed by atoms with Crippen molar-refractivity contribution in [3.63, 3.8) is 0 Å². The Kier molecular flexibility index (Phi) is 8.93. The van der Waals surface area contributed by atoms with E-state index in [1.165, 1.54) is 131 Å². The molecule has 0 amide bonds. The number of nitrogens with zero attached hydrogens (tertiary/aromatic N) is 4. The highest BCUT2D eigenvalue weighted by Gasteiger charge is 2.45. The molecule has 0 atom stereocenters. The molecule has 0 unspecified atom stereocenters. The summed E-state index contributed by atoms with van der Waals surface area (Å²) >= 11 is 1.98. The second-order valence-electron chi connectivity index (χ2n) is 23.3. The van der Waals surface area contributed by atoms with Gasteiger partial charge in [0, 0.05) is 75.4 Å². The topological polar surface area (TPSA) is 18.0 Å². The first-order valence-corrected chi connectivity index (χ1v) is 27.6. The van der Waals surface area contributed by atoms with E-state index < -0.39 is 0 Å². The van der Waals surface area contributed by atoms with E-state index in [9.17, 15) is 0 Å². The first kappa shape index (κ1) is 43.8. The summed E-state index contributed by atoms with van der Waals surface area (Å²) in [6.45, 7) is 13.9. The van der Waals surface area contributed by atoms with Gasteiger partial charge in [-0.15, -0.1) is 11.3 Å². The van der Waals surface area contributed by atoms with Crippen LogP contribution in [-0.4, -0.2) is 20.4 Å². The normalized spacial score (nSPS) is 13.3. The van der Waals surface area contributed by atoms with Crippen LogP contribution in [0.1, 0.15) is 52.7 Å². The summed E-state index contributed by atoms with van der Waals surface area (Å²) in [7, 11) is 0. The number of fused-ring (bicyclic) bond motifs is 16. The lowest BCUT2D eigenvalue weighted by Gasteiger charge is -2.39. The fourth-order valence-corrected chi connectivity index (χ4v) is 14.6. The van der Waals surface area contributed by atoms with Gasteiger partial charge in [0.1, 0.15) is 0 Å². The maximum Gasteiger partial charge on any atom is 0.264 e. The lowest BCUT2D eigenvalue weighted by molar-refractivity contribution is 0.590. The number of rotatable bonds is 4. The van der Waals surface area contributed by atoms with Gasteiger partial charge in [-0.25, -0.2) is 0 Å². The highest BCUT2D eigenvalue weighted by atomic mass is 32.1. The Balaban J connectivity index is 1.08. The first-order chi connectivity index (χ1) is 37.0. The molecule has 0 saturated carbocycles. The van der Waals surface area contributed by atoms with Crippen molar-refractivity contribution in [3.8, 4) is 28.2 Å². The van der Waals surface area contributed by atoms with Crippen molar-refractivity contribution in [2.24, 2.45) is 0 Å². The zero-order valence-electron chi connectivity index (χ0n) is 43.5. The number of para-hydroxylation sites is 4. The third kappa shape index (κ3) is 6.02. The summed E-state index contributed by atoms with van der Waals surface area (Å²) in [5, 5.41) is 8.87. The van der Waals surface area contributed by atoms with Crippen LogP contribution in [0.15, 0.2) is 212 Å². The number of benzene rings is 10. The molecule has 6 heterocycles. The molecular weight excluding hydrogens is 940 g/mol. The monoisotopic (exact) mass is 992 g/mol. The van der Waals surface area contributed by atoms with Gasteiger partial charge in [0.05, 0.1) is 39.0 Å². The number of hydrogen-bond acceptors (Lipinski definition) is 2. The van der Waals surface area contributed by atoms with Crippen molar-refractivity contribution in [2.45, 2.75) is 52.4 Å². The van der Waals surface area contributed by atoms with Gasteiger partial charge in [-0.1, -0.05) is 175 Å². The van der Waals surface area contributed by atoms with Crippen molar-refractivity contribution in [2.75, 3.05) is 4.90 Å². The average Bonchev–Trinajstić information content (AvgIpc) is 4.21. The largest absolute Gasteiger partial charge is 0.310 e. The van der Waals surface area contributed by atoms with E-state index >= 15 is 0 Å². The second-order valence-corrected chi connectivity index (χ2v) is 24.4. The average molecular weight is 993 g/mol. The van der Waals surface area contributed by atoms with Gasteiger partial charge < -0.3 is 18.6 Å². The zero-order valence-corrected chi connectivity index (χ0v) is 44.3. The fraction of sp³-hybridized carbons (Fsp3) is 0.114. The Bertz CT molecular complexity index is 4770. The molecule has 0 spiro atoms.